The third-order valence-electron chi connectivity index (χ3n) is 5.10. The normalized spacial score (nSPS) is 15.8. The van der Waals surface area contributed by atoms with Crippen LogP contribution in [0, 0.1) is 5.92 Å². The second kappa shape index (κ2) is 12.6. The number of benzene rings is 1. The van der Waals surface area contributed by atoms with Gasteiger partial charge in [0.05, 0.1) is 10.0 Å². The molecule has 0 aliphatic carbocycles. The zero-order chi connectivity index (χ0) is 23.0. The number of halogens is 2. The number of thioether (sulfide) groups is 2. The predicted molar refractivity (Wildman–Crippen MR) is 129 cm³/mol. The topological polar surface area (TPSA) is 86.7 Å². The number of amides is 2. The fraction of sp³-hybridized carbons (Fsp3) is 0.476. The largest absolute Gasteiger partial charge is 0.480 e. The molecule has 0 aromatic heterocycles. The maximum absolute atomic E-state index is 12.5. The van der Waals surface area contributed by atoms with Crippen molar-refractivity contribution in [3.05, 3.63) is 33.8 Å². The third kappa shape index (κ3) is 7.34. The third-order valence-corrected chi connectivity index (χ3v) is 7.54. The minimum atomic E-state index is -1.02. The molecule has 0 spiro atoms. The van der Waals surface area contributed by atoms with E-state index in [1.807, 2.05) is 24.6 Å². The Balaban J connectivity index is 1.90. The SMILES string of the molecule is CSCCC(NC(=O)C1CCN(C(=O)C=Cc2ccc(SC)c(Cl)c2Cl)CC1)C(=O)O. The summed E-state index contributed by atoms with van der Waals surface area (Å²) in [6.07, 6.45) is 8.28. The van der Waals surface area contributed by atoms with E-state index in [9.17, 15) is 19.5 Å². The lowest BCUT2D eigenvalue weighted by molar-refractivity contribution is -0.143. The highest BCUT2D eigenvalue weighted by molar-refractivity contribution is 7.98. The van der Waals surface area contributed by atoms with Crippen LogP contribution in [-0.2, 0) is 14.4 Å². The lowest BCUT2D eigenvalue weighted by atomic mass is 9.95. The molecule has 6 nitrogen and oxygen atoms in total. The number of aliphatic carboxylic acids is 1. The molecule has 2 rings (SSSR count). The molecule has 1 aliphatic heterocycles. The smallest absolute Gasteiger partial charge is 0.326 e. The van der Waals surface area contributed by atoms with E-state index < -0.39 is 12.0 Å². The van der Waals surface area contributed by atoms with Gasteiger partial charge >= 0.3 is 5.97 Å². The highest BCUT2D eigenvalue weighted by Crippen LogP contribution is 2.35. The summed E-state index contributed by atoms with van der Waals surface area (Å²) in [6.45, 7) is 0.868. The van der Waals surface area contributed by atoms with Crippen LogP contribution in [-0.4, -0.2) is 65.2 Å². The van der Waals surface area contributed by atoms with Gasteiger partial charge in [0.25, 0.3) is 0 Å². The zero-order valence-corrected chi connectivity index (χ0v) is 20.5. The predicted octanol–water partition coefficient (Wildman–Crippen LogP) is 4.29. The van der Waals surface area contributed by atoms with Gasteiger partial charge in [-0.15, -0.1) is 11.8 Å². The number of carbonyl (C=O) groups is 3. The average Bonchev–Trinajstić information content (AvgIpc) is 2.77. The summed E-state index contributed by atoms with van der Waals surface area (Å²) in [4.78, 5) is 38.9. The van der Waals surface area contributed by atoms with Crippen LogP contribution < -0.4 is 5.32 Å². The monoisotopic (exact) mass is 504 g/mol. The summed E-state index contributed by atoms with van der Waals surface area (Å²) in [5.41, 5.74) is 0.664. The molecule has 1 unspecified atom stereocenters. The highest BCUT2D eigenvalue weighted by atomic mass is 35.5. The first-order chi connectivity index (χ1) is 14.8. The van der Waals surface area contributed by atoms with E-state index >= 15 is 0 Å². The minimum absolute atomic E-state index is 0.164. The second-order valence-corrected chi connectivity index (χ2v) is 9.69. The summed E-state index contributed by atoms with van der Waals surface area (Å²) >= 11 is 15.6. The van der Waals surface area contributed by atoms with Gasteiger partial charge in [-0.3, -0.25) is 9.59 Å². The number of carboxylic acid groups (broad SMARTS) is 1. The van der Waals surface area contributed by atoms with Crippen molar-refractivity contribution in [3.8, 4) is 0 Å². The fourth-order valence-corrected chi connectivity index (χ4v) is 4.89. The van der Waals surface area contributed by atoms with Crippen molar-refractivity contribution in [3.63, 3.8) is 0 Å². The van der Waals surface area contributed by atoms with Gasteiger partial charge in [-0.25, -0.2) is 4.79 Å². The van der Waals surface area contributed by atoms with Crippen molar-refractivity contribution in [2.75, 3.05) is 31.4 Å². The summed E-state index contributed by atoms with van der Waals surface area (Å²) in [7, 11) is 0. The molecule has 10 heteroatoms. The molecular weight excluding hydrogens is 479 g/mol. The molecule has 2 N–H and O–H groups in total. The van der Waals surface area contributed by atoms with Crippen molar-refractivity contribution >= 4 is 70.6 Å². The quantitative estimate of drug-likeness (QED) is 0.385. The molecule has 2 amide bonds. The lowest BCUT2D eigenvalue weighted by Crippen LogP contribution is -2.47. The van der Waals surface area contributed by atoms with Crippen molar-refractivity contribution in [2.24, 2.45) is 5.92 Å². The van der Waals surface area contributed by atoms with E-state index in [-0.39, 0.29) is 17.7 Å². The maximum atomic E-state index is 12.5. The van der Waals surface area contributed by atoms with Crippen molar-refractivity contribution in [1.82, 2.24) is 10.2 Å². The number of carboxylic acids is 1. The van der Waals surface area contributed by atoms with Crippen molar-refractivity contribution in [1.29, 1.82) is 0 Å². The molecule has 1 heterocycles. The molecule has 1 saturated heterocycles. The van der Waals surface area contributed by atoms with Crippen molar-refractivity contribution in [2.45, 2.75) is 30.2 Å². The van der Waals surface area contributed by atoms with E-state index in [0.29, 0.717) is 53.7 Å². The molecule has 170 valence electrons. The number of hydrogen-bond acceptors (Lipinski definition) is 5. The van der Waals surface area contributed by atoms with Gasteiger partial charge in [-0.2, -0.15) is 11.8 Å². The molecule has 0 radical (unpaired) electrons. The second-order valence-electron chi connectivity index (χ2n) is 7.10. The standard InChI is InChI=1S/C21H26Cl2N2O4S2/c1-30-12-9-15(21(28)29)24-20(27)14-7-10-25(11-8-14)17(26)6-4-13-3-5-16(31-2)19(23)18(13)22/h3-6,14-15H,7-12H2,1-2H3,(H,24,27)(H,28,29). The van der Waals surface area contributed by atoms with E-state index in [4.69, 9.17) is 23.2 Å². The van der Waals surface area contributed by atoms with Crippen LogP contribution in [0.15, 0.2) is 23.1 Å². The Morgan fingerprint density at radius 2 is 1.90 bits per heavy atom. The van der Waals surface area contributed by atoms with E-state index in [2.05, 4.69) is 5.32 Å². The van der Waals surface area contributed by atoms with Gasteiger partial charge in [0.2, 0.25) is 11.8 Å². The van der Waals surface area contributed by atoms with Crippen LogP contribution >= 0.6 is 46.7 Å². The zero-order valence-electron chi connectivity index (χ0n) is 17.4. The van der Waals surface area contributed by atoms with Crippen LogP contribution in [0.25, 0.3) is 6.08 Å². The Kier molecular flexibility index (Phi) is 10.6. The average molecular weight is 505 g/mol. The van der Waals surface area contributed by atoms with Crippen LogP contribution in [0.4, 0.5) is 0 Å². The Bertz CT molecular complexity index is 843. The van der Waals surface area contributed by atoms with Gasteiger partial charge in [0.1, 0.15) is 6.04 Å². The van der Waals surface area contributed by atoms with Crippen molar-refractivity contribution < 1.29 is 19.5 Å². The molecule has 31 heavy (non-hydrogen) atoms. The van der Waals surface area contributed by atoms with Gasteiger partial charge < -0.3 is 15.3 Å². The van der Waals surface area contributed by atoms with E-state index in [1.54, 1.807) is 11.0 Å². The lowest BCUT2D eigenvalue weighted by Gasteiger charge is -2.31. The first kappa shape index (κ1) is 25.9. The molecule has 1 aromatic carbocycles. The Labute approximate surface area is 201 Å². The van der Waals surface area contributed by atoms with Crippen LogP contribution in [0.1, 0.15) is 24.8 Å². The summed E-state index contributed by atoms with van der Waals surface area (Å²) in [6, 6.07) is 2.80. The number of likely N-dealkylation sites (tertiary alicyclic amines) is 1. The number of rotatable bonds is 9. The Morgan fingerprint density at radius 3 is 2.48 bits per heavy atom. The number of carbonyl (C=O) groups excluding carboxylic acids is 2. The number of nitrogens with one attached hydrogen (secondary N) is 1. The Hall–Kier alpha value is -1.35. The number of piperidine rings is 1. The molecule has 0 saturated carbocycles. The molecule has 1 fully saturated rings. The number of hydrogen-bond donors (Lipinski definition) is 2. The molecule has 1 aliphatic rings. The molecular formula is C21H26Cl2N2O4S2. The summed E-state index contributed by atoms with van der Waals surface area (Å²) in [5, 5.41) is 12.8. The Morgan fingerprint density at radius 1 is 1.23 bits per heavy atom. The van der Waals surface area contributed by atoms with E-state index in [0.717, 1.165) is 4.90 Å². The fourth-order valence-electron chi connectivity index (χ4n) is 3.24. The van der Waals surface area contributed by atoms with Gasteiger partial charge in [0.15, 0.2) is 0 Å². The molecule has 0 bridgehead atoms. The van der Waals surface area contributed by atoms with Gasteiger partial charge in [0, 0.05) is 30.0 Å². The van der Waals surface area contributed by atoms with Crippen LogP contribution in [0.3, 0.4) is 0 Å². The first-order valence-corrected chi connectivity index (χ1v) is 13.2. The van der Waals surface area contributed by atoms with Gasteiger partial charge in [-0.05, 0) is 55.2 Å². The maximum Gasteiger partial charge on any atom is 0.326 e. The number of nitrogens with zero attached hydrogens (tertiary/aromatic N) is 1. The summed E-state index contributed by atoms with van der Waals surface area (Å²) < 4.78 is 0. The van der Waals surface area contributed by atoms with Gasteiger partial charge in [-0.1, -0.05) is 29.3 Å². The summed E-state index contributed by atoms with van der Waals surface area (Å²) in [5.74, 6) is -1.08. The van der Waals surface area contributed by atoms with Crippen LogP contribution in [0.2, 0.25) is 10.0 Å². The minimum Gasteiger partial charge on any atom is -0.480 e. The molecule has 1 atom stereocenters. The van der Waals surface area contributed by atoms with Crippen LogP contribution in [0.5, 0.6) is 0 Å². The van der Waals surface area contributed by atoms with E-state index in [1.165, 1.54) is 29.6 Å². The highest BCUT2D eigenvalue weighted by Gasteiger charge is 2.29. The molecule has 1 aromatic rings. The first-order valence-electron chi connectivity index (χ1n) is 9.79.